The number of aromatic nitrogens is 1. The molecule has 8 heteroatoms. The summed E-state index contributed by atoms with van der Waals surface area (Å²) in [5.41, 5.74) is 3.61. The molecule has 210 valence electrons. The first kappa shape index (κ1) is 29.0. The lowest BCUT2D eigenvalue weighted by atomic mass is 10.1. The van der Waals surface area contributed by atoms with Crippen LogP contribution in [-0.4, -0.2) is 60.5 Å². The number of para-hydroxylation sites is 1. The third-order valence-corrected chi connectivity index (χ3v) is 7.04. The fraction of sp³-hybridized carbons (Fsp3) is 0.312. The van der Waals surface area contributed by atoms with Gasteiger partial charge < -0.3 is 24.3 Å². The zero-order valence-electron chi connectivity index (χ0n) is 23.4. The summed E-state index contributed by atoms with van der Waals surface area (Å²) < 4.78 is 10.9. The fourth-order valence-electron chi connectivity index (χ4n) is 4.78. The number of ether oxygens (including phenoxy) is 2. The molecule has 7 nitrogen and oxygen atoms in total. The van der Waals surface area contributed by atoms with Crippen LogP contribution in [0.15, 0.2) is 72.9 Å². The van der Waals surface area contributed by atoms with Crippen molar-refractivity contribution in [3.8, 4) is 11.5 Å². The van der Waals surface area contributed by atoms with Crippen molar-refractivity contribution >= 4 is 34.3 Å². The molecule has 4 aromatic rings. The lowest BCUT2D eigenvalue weighted by Gasteiger charge is -2.29. The Hall–Kier alpha value is -3.97. The smallest absolute Gasteiger partial charge is 0.254 e. The normalized spacial score (nSPS) is 11.1. The largest absolute Gasteiger partial charge is 0.493 e. The van der Waals surface area contributed by atoms with Crippen LogP contribution in [0.2, 0.25) is 5.02 Å². The number of H-pyrrole nitrogens is 1. The van der Waals surface area contributed by atoms with Gasteiger partial charge >= 0.3 is 0 Å². The van der Waals surface area contributed by atoms with Crippen LogP contribution in [0.25, 0.3) is 10.9 Å². The fourth-order valence-corrected chi connectivity index (χ4v) is 4.91. The zero-order chi connectivity index (χ0) is 28.6. The quantitative estimate of drug-likeness (QED) is 0.223. The number of nitrogens with zero attached hydrogens (tertiary/aromatic N) is 2. The summed E-state index contributed by atoms with van der Waals surface area (Å²) >= 11 is 6.03. The summed E-state index contributed by atoms with van der Waals surface area (Å²) in [6.07, 6.45) is 2.66. The van der Waals surface area contributed by atoms with Crippen molar-refractivity contribution in [3.05, 3.63) is 94.6 Å². The maximum absolute atomic E-state index is 13.9. The van der Waals surface area contributed by atoms with E-state index in [0.29, 0.717) is 48.1 Å². The Kier molecular flexibility index (Phi) is 9.72. The predicted octanol–water partition coefficient (Wildman–Crippen LogP) is 6.21. The Morgan fingerprint density at radius 3 is 2.35 bits per heavy atom. The van der Waals surface area contributed by atoms with Gasteiger partial charge in [-0.1, -0.05) is 49.7 Å². The third kappa shape index (κ3) is 7.16. The van der Waals surface area contributed by atoms with Crippen molar-refractivity contribution in [2.45, 2.75) is 26.8 Å². The molecule has 0 fully saturated rings. The Labute approximate surface area is 240 Å². The first-order valence-corrected chi connectivity index (χ1v) is 13.7. The molecule has 0 spiro atoms. The van der Waals surface area contributed by atoms with Crippen LogP contribution >= 0.6 is 11.6 Å². The van der Waals surface area contributed by atoms with E-state index in [1.807, 2.05) is 61.3 Å². The van der Waals surface area contributed by atoms with Crippen LogP contribution in [0.1, 0.15) is 35.3 Å². The summed E-state index contributed by atoms with van der Waals surface area (Å²) in [5, 5.41) is 1.70. The van der Waals surface area contributed by atoms with Crippen molar-refractivity contribution in [2.75, 3.05) is 33.9 Å². The van der Waals surface area contributed by atoms with Gasteiger partial charge in [0.2, 0.25) is 5.91 Å². The lowest BCUT2D eigenvalue weighted by Crippen LogP contribution is -2.44. The first-order valence-electron chi connectivity index (χ1n) is 13.4. The molecule has 1 heterocycles. The highest BCUT2D eigenvalue weighted by Gasteiger charge is 2.24. The minimum Gasteiger partial charge on any atom is -0.493 e. The number of benzene rings is 3. The minimum atomic E-state index is -0.193. The monoisotopic (exact) mass is 561 g/mol. The summed E-state index contributed by atoms with van der Waals surface area (Å²) in [6.45, 7) is 5.35. The van der Waals surface area contributed by atoms with Gasteiger partial charge in [-0.15, -0.1) is 0 Å². The highest BCUT2D eigenvalue weighted by molar-refractivity contribution is 6.30. The maximum Gasteiger partial charge on any atom is 0.254 e. The Morgan fingerprint density at radius 1 is 0.925 bits per heavy atom. The molecule has 0 atom stereocenters. The van der Waals surface area contributed by atoms with Crippen LogP contribution in [0.4, 0.5) is 0 Å². The van der Waals surface area contributed by atoms with E-state index in [1.54, 1.807) is 43.4 Å². The molecule has 3 aromatic carbocycles. The number of nitrogens with one attached hydrogen (secondary N) is 1. The molecule has 0 aliphatic carbocycles. The molecule has 0 aliphatic heterocycles. The summed E-state index contributed by atoms with van der Waals surface area (Å²) in [7, 11) is 3.18. The molecular formula is C32H36ClN3O4. The second-order valence-corrected chi connectivity index (χ2v) is 10.6. The second-order valence-electron chi connectivity index (χ2n) is 10.2. The van der Waals surface area contributed by atoms with E-state index in [9.17, 15) is 9.59 Å². The molecule has 2 amide bonds. The van der Waals surface area contributed by atoms with Gasteiger partial charge in [-0.2, -0.15) is 0 Å². The Balaban J connectivity index is 1.59. The average Bonchev–Trinajstić information content (AvgIpc) is 3.37. The molecule has 1 N–H and O–H groups in total. The molecule has 40 heavy (non-hydrogen) atoms. The number of hydrogen-bond donors (Lipinski definition) is 1. The van der Waals surface area contributed by atoms with E-state index in [1.165, 1.54) is 0 Å². The molecule has 0 radical (unpaired) electrons. The van der Waals surface area contributed by atoms with Crippen LogP contribution in [0, 0.1) is 5.92 Å². The molecule has 0 unspecified atom stereocenters. The van der Waals surface area contributed by atoms with Gasteiger partial charge in [0.15, 0.2) is 11.5 Å². The number of methoxy groups -OCH3 is 2. The number of fused-ring (bicyclic) bond motifs is 1. The molecule has 0 saturated heterocycles. The van der Waals surface area contributed by atoms with Gasteiger partial charge in [-0.3, -0.25) is 9.59 Å². The van der Waals surface area contributed by atoms with Crippen LogP contribution < -0.4 is 9.47 Å². The standard InChI is InChI=1S/C32H36ClN3O4/c1-22(2)19-36(32(38)24-10-12-26(33)13-11-24)21-31(37)35(20-23-9-14-29(39-3)30(17-23)40-4)16-15-25-18-34-28-8-6-5-7-27(25)28/h5-14,17-18,22,34H,15-16,19-21H2,1-4H3. The number of amides is 2. The molecule has 0 saturated carbocycles. The van der Waals surface area contributed by atoms with E-state index in [0.717, 1.165) is 22.0 Å². The maximum atomic E-state index is 13.9. The predicted molar refractivity (Wildman–Crippen MR) is 159 cm³/mol. The van der Waals surface area contributed by atoms with Crippen LogP contribution in [-0.2, 0) is 17.8 Å². The van der Waals surface area contributed by atoms with Crippen LogP contribution in [0.5, 0.6) is 11.5 Å². The van der Waals surface area contributed by atoms with Gasteiger partial charge in [0, 0.05) is 47.3 Å². The zero-order valence-corrected chi connectivity index (χ0v) is 24.2. The second kappa shape index (κ2) is 13.4. The number of carbonyl (C=O) groups excluding carboxylic acids is 2. The van der Waals surface area contributed by atoms with E-state index in [2.05, 4.69) is 11.1 Å². The summed E-state index contributed by atoms with van der Waals surface area (Å²) in [5.74, 6) is 1.09. The number of carbonyl (C=O) groups is 2. The van der Waals surface area contributed by atoms with Gasteiger partial charge in [-0.05, 0) is 65.9 Å². The molecule has 1 aromatic heterocycles. The topological polar surface area (TPSA) is 74.9 Å². The third-order valence-electron chi connectivity index (χ3n) is 6.79. The Morgan fingerprint density at radius 2 is 1.65 bits per heavy atom. The first-order chi connectivity index (χ1) is 19.3. The summed E-state index contributed by atoms with van der Waals surface area (Å²) in [6, 6.07) is 20.5. The van der Waals surface area contributed by atoms with Crippen molar-refractivity contribution in [2.24, 2.45) is 5.92 Å². The van der Waals surface area contributed by atoms with E-state index in [-0.39, 0.29) is 24.3 Å². The Bertz CT molecular complexity index is 1450. The van der Waals surface area contributed by atoms with Crippen molar-refractivity contribution in [1.29, 1.82) is 0 Å². The molecule has 4 rings (SSSR count). The number of halogens is 1. The highest BCUT2D eigenvalue weighted by Crippen LogP contribution is 2.28. The lowest BCUT2D eigenvalue weighted by molar-refractivity contribution is -0.132. The van der Waals surface area contributed by atoms with E-state index in [4.69, 9.17) is 21.1 Å². The number of rotatable bonds is 12. The van der Waals surface area contributed by atoms with Crippen LogP contribution in [0.3, 0.4) is 0 Å². The van der Waals surface area contributed by atoms with Gasteiger partial charge in [0.05, 0.1) is 14.2 Å². The average molecular weight is 562 g/mol. The van der Waals surface area contributed by atoms with Gasteiger partial charge in [-0.25, -0.2) is 0 Å². The van der Waals surface area contributed by atoms with Crippen molar-refractivity contribution < 1.29 is 19.1 Å². The van der Waals surface area contributed by atoms with Gasteiger partial charge in [0.1, 0.15) is 6.54 Å². The summed E-state index contributed by atoms with van der Waals surface area (Å²) in [4.78, 5) is 34.1. The number of aromatic amines is 1. The molecule has 0 bridgehead atoms. The van der Waals surface area contributed by atoms with E-state index >= 15 is 0 Å². The number of hydrogen-bond acceptors (Lipinski definition) is 4. The highest BCUT2D eigenvalue weighted by atomic mass is 35.5. The molecular weight excluding hydrogens is 526 g/mol. The van der Waals surface area contributed by atoms with E-state index < -0.39 is 0 Å². The SMILES string of the molecule is COc1ccc(CN(CCc2c[nH]c3ccccc23)C(=O)CN(CC(C)C)C(=O)c2ccc(Cl)cc2)cc1OC. The van der Waals surface area contributed by atoms with Gasteiger partial charge in [0.25, 0.3) is 5.91 Å². The van der Waals surface area contributed by atoms with Crippen molar-refractivity contribution in [1.82, 2.24) is 14.8 Å². The minimum absolute atomic E-state index is 0.0270. The molecule has 0 aliphatic rings. The van der Waals surface area contributed by atoms with Crippen molar-refractivity contribution in [3.63, 3.8) is 0 Å².